The van der Waals surface area contributed by atoms with Crippen molar-refractivity contribution < 1.29 is 14.3 Å². The van der Waals surface area contributed by atoms with Crippen molar-refractivity contribution in [3.63, 3.8) is 0 Å². The van der Waals surface area contributed by atoms with Crippen molar-refractivity contribution in [1.82, 2.24) is 5.32 Å². The maximum atomic E-state index is 11.4. The molecular formula is C12H19NO3. The number of methoxy groups -OCH3 is 1. The van der Waals surface area contributed by atoms with Gasteiger partial charge in [-0.15, -0.1) is 0 Å². The van der Waals surface area contributed by atoms with Crippen LogP contribution < -0.4 is 5.32 Å². The van der Waals surface area contributed by atoms with Crippen LogP contribution in [0, 0.1) is 11.8 Å². The number of piperidine rings is 1. The number of carbonyl (C=O) groups excluding carboxylic acids is 2. The minimum Gasteiger partial charge on any atom is -0.469 e. The minimum atomic E-state index is -0.162. The Morgan fingerprint density at radius 1 is 1.44 bits per heavy atom. The van der Waals surface area contributed by atoms with Crippen LogP contribution in [0.1, 0.15) is 38.5 Å². The SMILES string of the molecule is COC(=O)CC1CCCC2CCC(=O)NC21. The number of ether oxygens (including phenoxy) is 1. The van der Waals surface area contributed by atoms with Gasteiger partial charge in [0.05, 0.1) is 13.5 Å². The smallest absolute Gasteiger partial charge is 0.305 e. The van der Waals surface area contributed by atoms with Crippen LogP contribution in [-0.2, 0) is 14.3 Å². The van der Waals surface area contributed by atoms with Crippen LogP contribution in [-0.4, -0.2) is 25.0 Å². The summed E-state index contributed by atoms with van der Waals surface area (Å²) in [6.07, 6.45) is 5.44. The molecule has 1 saturated heterocycles. The molecule has 1 heterocycles. The predicted octanol–water partition coefficient (Wildman–Crippen LogP) is 1.24. The molecular weight excluding hydrogens is 206 g/mol. The summed E-state index contributed by atoms with van der Waals surface area (Å²) in [6.45, 7) is 0. The first kappa shape index (κ1) is 11.4. The molecule has 2 aliphatic rings. The third-order valence-electron chi connectivity index (χ3n) is 3.89. The molecule has 90 valence electrons. The summed E-state index contributed by atoms with van der Waals surface area (Å²) in [5.74, 6) is 0.819. The van der Waals surface area contributed by atoms with Crippen molar-refractivity contribution in [2.24, 2.45) is 11.8 Å². The Balaban J connectivity index is 2.00. The number of hydrogen-bond acceptors (Lipinski definition) is 3. The Bertz CT molecular complexity index is 290. The van der Waals surface area contributed by atoms with Crippen molar-refractivity contribution in [3.8, 4) is 0 Å². The van der Waals surface area contributed by atoms with Gasteiger partial charge in [-0.25, -0.2) is 0 Å². The molecule has 1 aliphatic heterocycles. The van der Waals surface area contributed by atoms with Gasteiger partial charge < -0.3 is 10.1 Å². The van der Waals surface area contributed by atoms with Gasteiger partial charge in [0, 0.05) is 12.5 Å². The van der Waals surface area contributed by atoms with E-state index in [1.807, 2.05) is 0 Å². The average Bonchev–Trinajstić information content (AvgIpc) is 2.29. The normalized spacial score (nSPS) is 33.8. The van der Waals surface area contributed by atoms with Gasteiger partial charge in [-0.1, -0.05) is 6.42 Å². The quantitative estimate of drug-likeness (QED) is 0.719. The number of amides is 1. The molecule has 1 amide bonds. The van der Waals surface area contributed by atoms with Gasteiger partial charge in [0.15, 0.2) is 0 Å². The second-order valence-electron chi connectivity index (χ2n) is 4.86. The molecule has 0 aromatic carbocycles. The Morgan fingerprint density at radius 2 is 2.25 bits per heavy atom. The molecule has 1 aliphatic carbocycles. The van der Waals surface area contributed by atoms with E-state index in [1.165, 1.54) is 20.0 Å². The molecule has 3 atom stereocenters. The molecule has 0 aromatic heterocycles. The van der Waals surface area contributed by atoms with Crippen LogP contribution >= 0.6 is 0 Å². The molecule has 0 spiro atoms. The lowest BCUT2D eigenvalue weighted by Gasteiger charge is -2.41. The lowest BCUT2D eigenvalue weighted by Crippen LogP contribution is -2.51. The Kier molecular flexibility index (Phi) is 3.46. The summed E-state index contributed by atoms with van der Waals surface area (Å²) in [6, 6.07) is 0.203. The van der Waals surface area contributed by atoms with E-state index >= 15 is 0 Å². The second-order valence-corrected chi connectivity index (χ2v) is 4.86. The Hall–Kier alpha value is -1.06. The van der Waals surface area contributed by atoms with Crippen molar-refractivity contribution >= 4 is 11.9 Å². The number of hydrogen-bond donors (Lipinski definition) is 1. The number of rotatable bonds is 2. The van der Waals surface area contributed by atoms with Crippen LogP contribution in [0.5, 0.6) is 0 Å². The summed E-state index contributed by atoms with van der Waals surface area (Å²) in [4.78, 5) is 22.7. The zero-order chi connectivity index (χ0) is 11.5. The van der Waals surface area contributed by atoms with Gasteiger partial charge in [0.25, 0.3) is 0 Å². The fraction of sp³-hybridized carbons (Fsp3) is 0.833. The minimum absolute atomic E-state index is 0.137. The molecule has 4 nitrogen and oxygen atoms in total. The van der Waals surface area contributed by atoms with Gasteiger partial charge in [-0.2, -0.15) is 0 Å². The highest BCUT2D eigenvalue weighted by Gasteiger charge is 2.38. The van der Waals surface area contributed by atoms with E-state index in [2.05, 4.69) is 5.32 Å². The summed E-state index contributed by atoms with van der Waals surface area (Å²) in [7, 11) is 1.42. The standard InChI is InChI=1S/C12H19NO3/c1-16-11(15)7-9-4-2-3-8-5-6-10(14)13-12(8)9/h8-9,12H,2-7H2,1H3,(H,13,14). The molecule has 4 heteroatoms. The molecule has 2 rings (SSSR count). The highest BCUT2D eigenvalue weighted by atomic mass is 16.5. The molecule has 16 heavy (non-hydrogen) atoms. The first-order valence-corrected chi connectivity index (χ1v) is 6.07. The average molecular weight is 225 g/mol. The zero-order valence-corrected chi connectivity index (χ0v) is 9.70. The van der Waals surface area contributed by atoms with Crippen LogP contribution in [0.25, 0.3) is 0 Å². The third kappa shape index (κ3) is 2.36. The molecule has 1 N–H and O–H groups in total. The number of carbonyl (C=O) groups is 2. The first-order chi connectivity index (χ1) is 7.70. The molecule has 2 fully saturated rings. The van der Waals surface area contributed by atoms with E-state index in [1.54, 1.807) is 0 Å². The van der Waals surface area contributed by atoms with Crippen LogP contribution in [0.4, 0.5) is 0 Å². The van der Waals surface area contributed by atoms with Crippen molar-refractivity contribution in [2.45, 2.75) is 44.6 Å². The maximum absolute atomic E-state index is 11.4. The largest absolute Gasteiger partial charge is 0.469 e. The third-order valence-corrected chi connectivity index (χ3v) is 3.89. The van der Waals surface area contributed by atoms with E-state index in [9.17, 15) is 9.59 Å². The van der Waals surface area contributed by atoms with Gasteiger partial charge in [-0.3, -0.25) is 9.59 Å². The highest BCUT2D eigenvalue weighted by Crippen LogP contribution is 2.36. The van der Waals surface area contributed by atoms with E-state index in [0.29, 0.717) is 18.8 Å². The molecule has 0 radical (unpaired) electrons. The number of fused-ring (bicyclic) bond motifs is 1. The fourth-order valence-corrected chi connectivity index (χ4v) is 3.05. The molecule has 1 saturated carbocycles. The van der Waals surface area contributed by atoms with Gasteiger partial charge in [0.2, 0.25) is 5.91 Å². The molecule has 0 aromatic rings. The predicted molar refractivity (Wildman–Crippen MR) is 58.6 cm³/mol. The van der Waals surface area contributed by atoms with Crippen LogP contribution in [0.15, 0.2) is 0 Å². The number of nitrogens with one attached hydrogen (secondary N) is 1. The van der Waals surface area contributed by atoms with Crippen LogP contribution in [0.2, 0.25) is 0 Å². The van der Waals surface area contributed by atoms with E-state index in [4.69, 9.17) is 4.74 Å². The topological polar surface area (TPSA) is 55.4 Å². The summed E-state index contributed by atoms with van der Waals surface area (Å²) >= 11 is 0. The highest BCUT2D eigenvalue weighted by molar-refractivity contribution is 5.77. The van der Waals surface area contributed by atoms with Gasteiger partial charge in [-0.05, 0) is 31.1 Å². The first-order valence-electron chi connectivity index (χ1n) is 6.07. The Morgan fingerprint density at radius 3 is 3.00 bits per heavy atom. The Labute approximate surface area is 95.7 Å². The fourth-order valence-electron chi connectivity index (χ4n) is 3.05. The molecule has 3 unspecified atom stereocenters. The lowest BCUT2D eigenvalue weighted by molar-refractivity contribution is -0.143. The van der Waals surface area contributed by atoms with E-state index in [0.717, 1.165) is 12.8 Å². The van der Waals surface area contributed by atoms with Gasteiger partial charge >= 0.3 is 5.97 Å². The number of esters is 1. The van der Waals surface area contributed by atoms with Crippen LogP contribution in [0.3, 0.4) is 0 Å². The van der Waals surface area contributed by atoms with Crippen molar-refractivity contribution in [2.75, 3.05) is 7.11 Å². The van der Waals surface area contributed by atoms with Crippen molar-refractivity contribution in [1.29, 1.82) is 0 Å². The monoisotopic (exact) mass is 225 g/mol. The summed E-state index contributed by atoms with van der Waals surface area (Å²) in [5.41, 5.74) is 0. The lowest BCUT2D eigenvalue weighted by atomic mass is 9.72. The zero-order valence-electron chi connectivity index (χ0n) is 9.70. The summed E-state index contributed by atoms with van der Waals surface area (Å²) in [5, 5.41) is 3.05. The van der Waals surface area contributed by atoms with E-state index < -0.39 is 0 Å². The van der Waals surface area contributed by atoms with Crippen molar-refractivity contribution in [3.05, 3.63) is 0 Å². The van der Waals surface area contributed by atoms with E-state index in [-0.39, 0.29) is 23.8 Å². The van der Waals surface area contributed by atoms with Gasteiger partial charge in [0.1, 0.15) is 0 Å². The second kappa shape index (κ2) is 4.85. The molecule has 0 bridgehead atoms. The maximum Gasteiger partial charge on any atom is 0.305 e. The summed E-state index contributed by atoms with van der Waals surface area (Å²) < 4.78 is 4.71.